The van der Waals surface area contributed by atoms with Gasteiger partial charge in [-0.3, -0.25) is 14.2 Å². The maximum absolute atomic E-state index is 13.2. The average molecular weight is 544 g/mol. The molecule has 9 heteroatoms. The zero-order chi connectivity index (χ0) is 27.8. The van der Waals surface area contributed by atoms with Crippen LogP contribution in [0.25, 0.3) is 0 Å². The molecule has 1 unspecified atom stereocenters. The number of rotatable bonds is 11. The van der Waals surface area contributed by atoms with Gasteiger partial charge in [-0.15, -0.1) is 0 Å². The minimum Gasteiger partial charge on any atom is -0.427 e. The molecule has 0 saturated carbocycles. The van der Waals surface area contributed by atoms with Crippen LogP contribution in [0.3, 0.4) is 0 Å². The minimum absolute atomic E-state index is 0.0411. The van der Waals surface area contributed by atoms with Crippen LogP contribution in [0.2, 0.25) is 0 Å². The van der Waals surface area contributed by atoms with Crippen molar-refractivity contribution in [3.63, 3.8) is 0 Å². The SMILES string of the molecule is CC(C)(C)C(=O)OCOC(=O)[C@@H]1C[C@H](c2ccccc2)CN1C(=O)CP(=O)(O)CCCCc1ccccc1. The van der Waals surface area contributed by atoms with Gasteiger partial charge in [0, 0.05) is 18.6 Å². The van der Waals surface area contributed by atoms with Gasteiger partial charge in [0.25, 0.3) is 0 Å². The molecule has 0 aromatic heterocycles. The topological polar surface area (TPSA) is 110 Å². The third-order valence-electron chi connectivity index (χ3n) is 6.62. The van der Waals surface area contributed by atoms with Crippen molar-refractivity contribution in [2.45, 2.75) is 58.4 Å². The Morgan fingerprint density at radius 1 is 0.974 bits per heavy atom. The van der Waals surface area contributed by atoms with Crippen molar-refractivity contribution in [3.8, 4) is 0 Å². The number of likely N-dealkylation sites (tertiary alicyclic amines) is 1. The molecule has 1 amide bonds. The quantitative estimate of drug-likeness (QED) is 0.188. The Hall–Kier alpha value is -2.96. The molecule has 1 heterocycles. The van der Waals surface area contributed by atoms with Crippen LogP contribution in [0.15, 0.2) is 60.7 Å². The van der Waals surface area contributed by atoms with E-state index in [9.17, 15) is 23.8 Å². The molecule has 38 heavy (non-hydrogen) atoms. The number of ether oxygens (including phenoxy) is 2. The van der Waals surface area contributed by atoms with Crippen LogP contribution in [-0.4, -0.2) is 59.3 Å². The van der Waals surface area contributed by atoms with Gasteiger partial charge in [0.05, 0.1) is 5.41 Å². The Labute approximate surface area is 224 Å². The van der Waals surface area contributed by atoms with Crippen molar-refractivity contribution in [3.05, 3.63) is 71.8 Å². The summed E-state index contributed by atoms with van der Waals surface area (Å²) < 4.78 is 23.1. The predicted octanol–water partition coefficient (Wildman–Crippen LogP) is 4.75. The monoisotopic (exact) mass is 543 g/mol. The number of aryl methyl sites for hydroxylation is 1. The van der Waals surface area contributed by atoms with Crippen LogP contribution >= 0.6 is 7.37 Å². The third kappa shape index (κ3) is 8.81. The van der Waals surface area contributed by atoms with E-state index < -0.39 is 49.6 Å². The van der Waals surface area contributed by atoms with E-state index in [1.54, 1.807) is 20.8 Å². The first kappa shape index (κ1) is 29.6. The van der Waals surface area contributed by atoms with Gasteiger partial charge >= 0.3 is 11.9 Å². The van der Waals surface area contributed by atoms with Crippen LogP contribution in [0, 0.1) is 5.41 Å². The van der Waals surface area contributed by atoms with E-state index in [1.165, 1.54) is 4.90 Å². The number of carbonyl (C=O) groups is 3. The lowest BCUT2D eigenvalue weighted by Crippen LogP contribution is -2.43. The molecule has 1 saturated heterocycles. The van der Waals surface area contributed by atoms with Crippen LogP contribution in [-0.2, 0) is 34.8 Å². The molecular weight excluding hydrogens is 505 g/mol. The first-order chi connectivity index (χ1) is 18.0. The van der Waals surface area contributed by atoms with Crippen molar-refractivity contribution < 1.29 is 33.3 Å². The molecule has 8 nitrogen and oxygen atoms in total. The largest absolute Gasteiger partial charge is 0.427 e. The Morgan fingerprint density at radius 3 is 2.24 bits per heavy atom. The van der Waals surface area contributed by atoms with Gasteiger partial charge < -0.3 is 19.3 Å². The van der Waals surface area contributed by atoms with Crippen molar-refractivity contribution in [1.82, 2.24) is 4.90 Å². The standard InChI is InChI=1S/C29H38NO7P/c1-29(2,3)28(33)37-21-36-27(32)25-18-24(23-15-8-5-9-16-23)19-30(25)26(31)20-38(34,35)17-11-10-14-22-12-6-4-7-13-22/h4-9,12-13,15-16,24-25H,10-11,14,17-21H2,1-3H3,(H,34,35)/t24-,25-/m0/s1. The summed E-state index contributed by atoms with van der Waals surface area (Å²) in [5, 5.41) is 0. The molecule has 3 rings (SSSR count). The van der Waals surface area contributed by atoms with E-state index in [4.69, 9.17) is 9.47 Å². The number of esters is 2. The highest BCUT2D eigenvalue weighted by atomic mass is 31.2. The minimum atomic E-state index is -3.74. The van der Waals surface area contributed by atoms with Crippen LogP contribution in [0.5, 0.6) is 0 Å². The molecular formula is C29H38NO7P. The Kier molecular flexibility index (Phi) is 10.3. The molecule has 0 bridgehead atoms. The second-order valence-electron chi connectivity index (χ2n) is 10.8. The first-order valence-electron chi connectivity index (χ1n) is 13.0. The van der Waals surface area contributed by atoms with E-state index in [0.29, 0.717) is 12.8 Å². The molecule has 2 aromatic carbocycles. The lowest BCUT2D eigenvalue weighted by molar-refractivity contribution is -0.176. The van der Waals surface area contributed by atoms with Gasteiger partial charge in [-0.1, -0.05) is 60.7 Å². The summed E-state index contributed by atoms with van der Waals surface area (Å²) >= 11 is 0. The Bertz CT molecular complexity index is 1130. The predicted molar refractivity (Wildman–Crippen MR) is 145 cm³/mol. The summed E-state index contributed by atoms with van der Waals surface area (Å²) in [7, 11) is -3.74. The number of carbonyl (C=O) groups excluding carboxylic acids is 3. The smallest absolute Gasteiger partial charge is 0.331 e. The van der Waals surface area contributed by atoms with Gasteiger partial charge in [-0.2, -0.15) is 0 Å². The van der Waals surface area contributed by atoms with Crippen LogP contribution in [0.1, 0.15) is 57.1 Å². The number of hydrogen-bond donors (Lipinski definition) is 1. The van der Waals surface area contributed by atoms with Crippen molar-refractivity contribution >= 4 is 25.2 Å². The highest BCUT2D eigenvalue weighted by Gasteiger charge is 2.42. The third-order valence-corrected chi connectivity index (χ3v) is 8.40. The summed E-state index contributed by atoms with van der Waals surface area (Å²) in [6.07, 6.45) is 1.89. The van der Waals surface area contributed by atoms with Gasteiger partial charge in [-0.05, 0) is 57.6 Å². The summed E-state index contributed by atoms with van der Waals surface area (Å²) in [5.41, 5.74) is 1.38. The molecule has 206 valence electrons. The summed E-state index contributed by atoms with van der Waals surface area (Å²) in [5.74, 6) is -1.89. The molecule has 1 aliphatic rings. The van der Waals surface area contributed by atoms with Crippen molar-refractivity contribution in [2.75, 3.05) is 25.7 Å². The Morgan fingerprint density at radius 2 is 1.61 bits per heavy atom. The average Bonchev–Trinajstić information content (AvgIpc) is 3.33. The zero-order valence-electron chi connectivity index (χ0n) is 22.4. The van der Waals surface area contributed by atoms with E-state index in [2.05, 4.69) is 0 Å². The van der Waals surface area contributed by atoms with Gasteiger partial charge in [0.2, 0.25) is 20.1 Å². The molecule has 0 spiro atoms. The fraction of sp³-hybridized carbons (Fsp3) is 0.483. The normalized spacial score (nSPS) is 19.0. The summed E-state index contributed by atoms with van der Waals surface area (Å²) in [6.45, 7) is 4.75. The summed E-state index contributed by atoms with van der Waals surface area (Å²) in [6, 6.07) is 18.5. The molecule has 1 fully saturated rings. The first-order valence-corrected chi connectivity index (χ1v) is 15.0. The molecule has 0 aliphatic carbocycles. The molecule has 0 radical (unpaired) electrons. The number of nitrogens with zero attached hydrogens (tertiary/aromatic N) is 1. The maximum atomic E-state index is 13.2. The van der Waals surface area contributed by atoms with Crippen molar-refractivity contribution in [1.29, 1.82) is 0 Å². The number of unbranched alkanes of at least 4 members (excludes halogenated alkanes) is 1. The number of amides is 1. The fourth-order valence-electron chi connectivity index (χ4n) is 4.47. The van der Waals surface area contributed by atoms with Crippen LogP contribution in [0.4, 0.5) is 0 Å². The number of benzene rings is 2. The van der Waals surface area contributed by atoms with E-state index in [1.807, 2.05) is 60.7 Å². The fourth-order valence-corrected chi connectivity index (χ4v) is 5.95. The lowest BCUT2D eigenvalue weighted by atomic mass is 9.96. The van der Waals surface area contributed by atoms with Gasteiger partial charge in [-0.25, -0.2) is 4.79 Å². The van der Waals surface area contributed by atoms with E-state index in [0.717, 1.165) is 24.0 Å². The highest BCUT2D eigenvalue weighted by Crippen LogP contribution is 2.43. The van der Waals surface area contributed by atoms with Gasteiger partial charge in [0.1, 0.15) is 12.2 Å². The van der Waals surface area contributed by atoms with Crippen LogP contribution < -0.4 is 0 Å². The zero-order valence-corrected chi connectivity index (χ0v) is 23.3. The second-order valence-corrected chi connectivity index (χ2v) is 13.3. The van der Waals surface area contributed by atoms with E-state index >= 15 is 0 Å². The van der Waals surface area contributed by atoms with E-state index in [-0.39, 0.29) is 18.6 Å². The molecule has 1 N–H and O–H groups in total. The Balaban J connectivity index is 1.60. The van der Waals surface area contributed by atoms with Crippen molar-refractivity contribution in [2.24, 2.45) is 5.41 Å². The van der Waals surface area contributed by atoms with Gasteiger partial charge in [0.15, 0.2) is 0 Å². The second kappa shape index (κ2) is 13.2. The highest BCUT2D eigenvalue weighted by molar-refractivity contribution is 7.58. The maximum Gasteiger partial charge on any atom is 0.331 e. The molecule has 1 aliphatic heterocycles. The lowest BCUT2D eigenvalue weighted by Gasteiger charge is -2.24. The molecule has 3 atom stereocenters. The number of hydrogen-bond acceptors (Lipinski definition) is 6. The summed E-state index contributed by atoms with van der Waals surface area (Å²) in [4.78, 5) is 50.1. The molecule has 2 aromatic rings.